The van der Waals surface area contributed by atoms with Crippen LogP contribution in [0.4, 0.5) is 11.4 Å². The Morgan fingerprint density at radius 2 is 2.00 bits per heavy atom. The minimum Gasteiger partial charge on any atom is -0.491 e. The molecule has 0 aromatic heterocycles. The molecule has 0 fully saturated rings. The lowest BCUT2D eigenvalue weighted by Gasteiger charge is -2.11. The third kappa shape index (κ3) is 6.63. The van der Waals surface area contributed by atoms with Crippen molar-refractivity contribution in [1.82, 2.24) is 0 Å². The second-order valence-corrected chi connectivity index (χ2v) is 4.49. The van der Waals surface area contributed by atoms with Crippen LogP contribution in [0.5, 0.6) is 5.75 Å². The molecule has 1 aromatic rings. The Morgan fingerprint density at radius 1 is 1.15 bits per heavy atom. The van der Waals surface area contributed by atoms with E-state index >= 15 is 0 Å². The van der Waals surface area contributed by atoms with Crippen LogP contribution in [-0.4, -0.2) is 40.1 Å². The molecule has 0 aliphatic rings. The van der Waals surface area contributed by atoms with Crippen molar-refractivity contribution in [3.8, 4) is 5.75 Å². The van der Waals surface area contributed by atoms with Crippen LogP contribution in [0.2, 0.25) is 0 Å². The molecular weight excluding hydrogens is 256 g/mol. The van der Waals surface area contributed by atoms with Gasteiger partial charge in [0.05, 0.1) is 25.5 Å². The Balaban J connectivity index is 2.26. The molecule has 1 rings (SSSR count). The zero-order chi connectivity index (χ0) is 14.6. The van der Waals surface area contributed by atoms with Crippen molar-refractivity contribution in [2.45, 2.75) is 19.8 Å². The number of nitrogen functional groups attached to an aromatic ring is 1. The minimum absolute atomic E-state index is 0.642. The highest BCUT2D eigenvalue weighted by Gasteiger charge is 2.01. The third-order valence-electron chi connectivity index (χ3n) is 2.70. The van der Waals surface area contributed by atoms with E-state index in [9.17, 15) is 0 Å². The fraction of sp³-hybridized carbons (Fsp3) is 0.600. The lowest BCUT2D eigenvalue weighted by Crippen LogP contribution is -2.08. The molecule has 0 aliphatic heterocycles. The van der Waals surface area contributed by atoms with Crippen LogP contribution in [0.25, 0.3) is 0 Å². The molecule has 3 N–H and O–H groups in total. The van der Waals surface area contributed by atoms with Gasteiger partial charge in [-0.1, -0.05) is 6.92 Å². The summed E-state index contributed by atoms with van der Waals surface area (Å²) in [5.41, 5.74) is 7.56. The van der Waals surface area contributed by atoms with Gasteiger partial charge in [-0.15, -0.1) is 0 Å². The van der Waals surface area contributed by atoms with E-state index in [2.05, 4.69) is 12.2 Å². The minimum atomic E-state index is 0.642. The quantitative estimate of drug-likeness (QED) is 0.482. The topological polar surface area (TPSA) is 65.7 Å². The number of hydrogen-bond acceptors (Lipinski definition) is 5. The van der Waals surface area contributed by atoms with Crippen LogP contribution in [0.3, 0.4) is 0 Å². The summed E-state index contributed by atoms with van der Waals surface area (Å²) in [6.45, 7) is 5.62. The molecular formula is C15H26N2O3. The molecule has 0 aliphatic carbocycles. The first-order chi connectivity index (χ1) is 9.77. The lowest BCUT2D eigenvalue weighted by atomic mass is 10.2. The van der Waals surface area contributed by atoms with Crippen LogP contribution in [0, 0.1) is 0 Å². The van der Waals surface area contributed by atoms with E-state index in [1.165, 1.54) is 0 Å². The maximum absolute atomic E-state index is 5.87. The van der Waals surface area contributed by atoms with Gasteiger partial charge in [-0.05, 0) is 25.0 Å². The summed E-state index contributed by atoms with van der Waals surface area (Å²) >= 11 is 0. The van der Waals surface area contributed by atoms with E-state index in [-0.39, 0.29) is 0 Å². The number of rotatable bonds is 11. The van der Waals surface area contributed by atoms with Gasteiger partial charge in [0.25, 0.3) is 0 Å². The number of anilines is 2. The van der Waals surface area contributed by atoms with Gasteiger partial charge in [-0.25, -0.2) is 0 Å². The Bertz CT molecular complexity index is 372. The lowest BCUT2D eigenvalue weighted by molar-refractivity contribution is 0.0705. The van der Waals surface area contributed by atoms with E-state index in [1.807, 2.05) is 18.2 Å². The highest BCUT2D eigenvalue weighted by Crippen LogP contribution is 2.25. The highest BCUT2D eigenvalue weighted by atomic mass is 16.5. The monoisotopic (exact) mass is 282 g/mol. The largest absolute Gasteiger partial charge is 0.491 e. The maximum Gasteiger partial charge on any atom is 0.144 e. The summed E-state index contributed by atoms with van der Waals surface area (Å²) in [6.07, 6.45) is 1.91. The first kappa shape index (κ1) is 16.6. The van der Waals surface area contributed by atoms with Crippen molar-refractivity contribution in [2.24, 2.45) is 0 Å². The van der Waals surface area contributed by atoms with E-state index in [1.54, 1.807) is 7.11 Å². The smallest absolute Gasteiger partial charge is 0.144 e. The van der Waals surface area contributed by atoms with Gasteiger partial charge >= 0.3 is 0 Å². The summed E-state index contributed by atoms with van der Waals surface area (Å²) in [5, 5.41) is 3.33. The number of nitrogens with one attached hydrogen (secondary N) is 1. The van der Waals surface area contributed by atoms with Crippen molar-refractivity contribution in [1.29, 1.82) is 0 Å². The summed E-state index contributed by atoms with van der Waals surface area (Å²) in [7, 11) is 1.67. The zero-order valence-corrected chi connectivity index (χ0v) is 12.5. The van der Waals surface area contributed by atoms with Gasteiger partial charge in [0.2, 0.25) is 0 Å². The summed E-state index contributed by atoms with van der Waals surface area (Å²) < 4.78 is 15.9. The van der Waals surface area contributed by atoms with Crippen molar-refractivity contribution < 1.29 is 14.2 Å². The summed E-state index contributed by atoms with van der Waals surface area (Å²) in [6, 6.07) is 5.76. The van der Waals surface area contributed by atoms with Gasteiger partial charge < -0.3 is 25.3 Å². The molecule has 0 spiro atoms. The molecule has 5 heteroatoms. The molecule has 20 heavy (non-hydrogen) atoms. The predicted octanol–water partition coefficient (Wildman–Crippen LogP) is 2.52. The molecule has 0 heterocycles. The number of methoxy groups -OCH3 is 1. The molecule has 0 saturated heterocycles. The Morgan fingerprint density at radius 3 is 2.75 bits per heavy atom. The third-order valence-corrected chi connectivity index (χ3v) is 2.70. The zero-order valence-electron chi connectivity index (χ0n) is 12.5. The van der Waals surface area contributed by atoms with Gasteiger partial charge in [0.1, 0.15) is 5.75 Å². The van der Waals surface area contributed by atoms with Crippen LogP contribution in [0.1, 0.15) is 19.8 Å². The van der Waals surface area contributed by atoms with Crippen molar-refractivity contribution in [2.75, 3.05) is 51.1 Å². The van der Waals surface area contributed by atoms with Crippen LogP contribution >= 0.6 is 0 Å². The number of nitrogens with two attached hydrogens (primary N) is 1. The molecule has 0 radical (unpaired) electrons. The normalized spacial score (nSPS) is 10.5. The molecule has 0 atom stereocenters. The first-order valence-corrected chi connectivity index (χ1v) is 7.10. The molecule has 0 saturated carbocycles. The summed E-state index contributed by atoms with van der Waals surface area (Å²) in [5.74, 6) is 0.744. The van der Waals surface area contributed by atoms with E-state index in [0.717, 1.165) is 37.4 Å². The van der Waals surface area contributed by atoms with Crippen LogP contribution < -0.4 is 15.8 Å². The predicted molar refractivity (Wildman–Crippen MR) is 82.4 cm³/mol. The fourth-order valence-corrected chi connectivity index (χ4v) is 1.63. The van der Waals surface area contributed by atoms with Crippen molar-refractivity contribution in [3.05, 3.63) is 18.2 Å². The Hall–Kier alpha value is -1.46. The first-order valence-electron chi connectivity index (χ1n) is 7.10. The maximum atomic E-state index is 5.87. The van der Waals surface area contributed by atoms with Gasteiger partial charge in [-0.3, -0.25) is 0 Å². The SMILES string of the molecule is CCCOc1cc(NCCCOCCOC)ccc1N. The average molecular weight is 282 g/mol. The van der Waals surface area contributed by atoms with Gasteiger partial charge in [0.15, 0.2) is 0 Å². The van der Waals surface area contributed by atoms with E-state index in [0.29, 0.717) is 25.5 Å². The molecule has 0 bridgehead atoms. The Labute approximate surface area is 121 Å². The van der Waals surface area contributed by atoms with Crippen LogP contribution in [0.15, 0.2) is 18.2 Å². The molecule has 0 unspecified atom stereocenters. The number of benzene rings is 1. The van der Waals surface area contributed by atoms with Crippen LogP contribution in [-0.2, 0) is 9.47 Å². The second-order valence-electron chi connectivity index (χ2n) is 4.49. The Kier molecular flexibility index (Phi) is 8.58. The molecule has 5 nitrogen and oxygen atoms in total. The van der Waals surface area contributed by atoms with E-state index in [4.69, 9.17) is 19.9 Å². The number of ether oxygens (including phenoxy) is 3. The number of hydrogen-bond donors (Lipinski definition) is 2. The van der Waals surface area contributed by atoms with Gasteiger partial charge in [0, 0.05) is 32.0 Å². The highest BCUT2D eigenvalue weighted by molar-refractivity contribution is 5.61. The summed E-state index contributed by atoms with van der Waals surface area (Å²) in [4.78, 5) is 0. The second kappa shape index (κ2) is 10.3. The molecule has 1 aromatic carbocycles. The molecule has 0 amide bonds. The standard InChI is InChI=1S/C15H26N2O3/c1-3-8-20-15-12-13(5-6-14(15)16)17-7-4-9-19-11-10-18-2/h5-6,12,17H,3-4,7-11,16H2,1-2H3. The molecule has 114 valence electrons. The fourth-order valence-electron chi connectivity index (χ4n) is 1.63. The van der Waals surface area contributed by atoms with E-state index < -0.39 is 0 Å². The van der Waals surface area contributed by atoms with Crippen molar-refractivity contribution in [3.63, 3.8) is 0 Å². The average Bonchev–Trinajstić information content (AvgIpc) is 2.46. The van der Waals surface area contributed by atoms with Crippen molar-refractivity contribution >= 4 is 11.4 Å². The van der Waals surface area contributed by atoms with Gasteiger partial charge in [-0.2, -0.15) is 0 Å².